The molecule has 0 unspecified atom stereocenters. The van der Waals surface area contributed by atoms with Gasteiger partial charge < -0.3 is 15.0 Å². The minimum absolute atomic E-state index is 0.0595. The SMILES string of the molecule is COc1ccc(CCNC(=O)CCN(C(C)=O)c2ccccc2)cc1. The Balaban J connectivity index is 1.76. The van der Waals surface area contributed by atoms with Crippen LogP contribution < -0.4 is 15.0 Å². The first-order valence-electron chi connectivity index (χ1n) is 8.33. The molecule has 0 fully saturated rings. The van der Waals surface area contributed by atoms with Crippen LogP contribution in [0.2, 0.25) is 0 Å². The summed E-state index contributed by atoms with van der Waals surface area (Å²) < 4.78 is 5.12. The van der Waals surface area contributed by atoms with Gasteiger partial charge in [0.1, 0.15) is 5.75 Å². The van der Waals surface area contributed by atoms with Crippen molar-refractivity contribution in [3.05, 3.63) is 60.2 Å². The molecule has 2 rings (SSSR count). The fourth-order valence-corrected chi connectivity index (χ4v) is 2.52. The molecule has 2 aromatic rings. The minimum atomic E-state index is -0.0720. The summed E-state index contributed by atoms with van der Waals surface area (Å²) in [6.45, 7) is 2.44. The Morgan fingerprint density at radius 1 is 1.04 bits per heavy atom. The number of para-hydroxylation sites is 1. The van der Waals surface area contributed by atoms with Crippen LogP contribution in [0.3, 0.4) is 0 Å². The number of carbonyl (C=O) groups is 2. The lowest BCUT2D eigenvalue weighted by atomic mass is 10.1. The molecule has 2 aromatic carbocycles. The third-order valence-corrected chi connectivity index (χ3v) is 3.91. The molecule has 5 nitrogen and oxygen atoms in total. The Labute approximate surface area is 148 Å². The van der Waals surface area contributed by atoms with Gasteiger partial charge in [-0.2, -0.15) is 0 Å². The molecule has 0 aromatic heterocycles. The highest BCUT2D eigenvalue weighted by Gasteiger charge is 2.12. The predicted octanol–water partition coefficient (Wildman–Crippen LogP) is 2.80. The van der Waals surface area contributed by atoms with Crippen LogP contribution in [-0.4, -0.2) is 32.0 Å². The van der Waals surface area contributed by atoms with Crippen molar-refractivity contribution in [1.29, 1.82) is 0 Å². The van der Waals surface area contributed by atoms with E-state index < -0.39 is 0 Å². The maximum atomic E-state index is 12.0. The van der Waals surface area contributed by atoms with Gasteiger partial charge in [-0.3, -0.25) is 9.59 Å². The van der Waals surface area contributed by atoms with Gasteiger partial charge in [-0.15, -0.1) is 0 Å². The van der Waals surface area contributed by atoms with Crippen molar-refractivity contribution in [2.24, 2.45) is 0 Å². The summed E-state index contributed by atoms with van der Waals surface area (Å²) in [5.74, 6) is 0.686. The molecule has 0 bridgehead atoms. The highest BCUT2D eigenvalue weighted by molar-refractivity contribution is 5.92. The molecule has 0 heterocycles. The molecule has 2 amide bonds. The van der Waals surface area contributed by atoms with Crippen molar-refractivity contribution in [3.63, 3.8) is 0 Å². The summed E-state index contributed by atoms with van der Waals surface area (Å²) >= 11 is 0. The highest BCUT2D eigenvalue weighted by atomic mass is 16.5. The minimum Gasteiger partial charge on any atom is -0.497 e. The topological polar surface area (TPSA) is 58.6 Å². The van der Waals surface area contributed by atoms with E-state index in [2.05, 4.69) is 5.32 Å². The van der Waals surface area contributed by atoms with Gasteiger partial charge in [-0.25, -0.2) is 0 Å². The van der Waals surface area contributed by atoms with Crippen LogP contribution in [0.5, 0.6) is 5.75 Å². The number of hydrogen-bond donors (Lipinski definition) is 1. The standard InChI is InChI=1S/C20H24N2O3/c1-16(23)22(18-6-4-3-5-7-18)15-13-20(24)21-14-12-17-8-10-19(25-2)11-9-17/h3-11H,12-15H2,1-2H3,(H,21,24). The van der Waals surface area contributed by atoms with Crippen molar-refractivity contribution in [1.82, 2.24) is 5.32 Å². The van der Waals surface area contributed by atoms with Crippen LogP contribution in [-0.2, 0) is 16.0 Å². The van der Waals surface area contributed by atoms with Crippen molar-refractivity contribution >= 4 is 17.5 Å². The monoisotopic (exact) mass is 340 g/mol. The Hall–Kier alpha value is -2.82. The summed E-state index contributed by atoms with van der Waals surface area (Å²) in [5, 5.41) is 2.90. The second-order valence-corrected chi connectivity index (χ2v) is 5.70. The number of benzene rings is 2. The zero-order valence-electron chi connectivity index (χ0n) is 14.7. The van der Waals surface area contributed by atoms with E-state index >= 15 is 0 Å². The summed E-state index contributed by atoms with van der Waals surface area (Å²) in [5.41, 5.74) is 1.94. The Morgan fingerprint density at radius 3 is 2.32 bits per heavy atom. The number of carbonyl (C=O) groups excluding carboxylic acids is 2. The van der Waals surface area contributed by atoms with E-state index in [-0.39, 0.29) is 18.2 Å². The maximum absolute atomic E-state index is 12.0. The van der Waals surface area contributed by atoms with Gasteiger partial charge in [-0.1, -0.05) is 30.3 Å². The molecule has 0 aliphatic carbocycles. The first kappa shape index (κ1) is 18.5. The van der Waals surface area contributed by atoms with Crippen LogP contribution in [0.1, 0.15) is 18.9 Å². The first-order valence-corrected chi connectivity index (χ1v) is 8.33. The summed E-state index contributed by atoms with van der Waals surface area (Å²) in [6.07, 6.45) is 1.03. The van der Waals surface area contributed by atoms with Gasteiger partial charge in [0.15, 0.2) is 0 Å². The van der Waals surface area contributed by atoms with E-state index in [4.69, 9.17) is 4.74 Å². The molecular weight excluding hydrogens is 316 g/mol. The zero-order chi connectivity index (χ0) is 18.1. The van der Waals surface area contributed by atoms with E-state index in [1.165, 1.54) is 6.92 Å². The lowest BCUT2D eigenvalue weighted by Gasteiger charge is -2.20. The molecule has 5 heteroatoms. The van der Waals surface area contributed by atoms with E-state index in [1.807, 2.05) is 54.6 Å². The van der Waals surface area contributed by atoms with Gasteiger partial charge >= 0.3 is 0 Å². The molecule has 0 saturated heterocycles. The molecule has 0 spiro atoms. The number of hydrogen-bond acceptors (Lipinski definition) is 3. The summed E-state index contributed by atoms with van der Waals surface area (Å²) in [6, 6.07) is 17.2. The number of methoxy groups -OCH3 is 1. The van der Waals surface area contributed by atoms with E-state index in [0.29, 0.717) is 13.1 Å². The average Bonchev–Trinajstić information content (AvgIpc) is 2.63. The quantitative estimate of drug-likeness (QED) is 0.804. The van der Waals surface area contributed by atoms with Crippen LogP contribution in [0.25, 0.3) is 0 Å². The second-order valence-electron chi connectivity index (χ2n) is 5.70. The number of ether oxygens (including phenoxy) is 1. The smallest absolute Gasteiger partial charge is 0.223 e. The van der Waals surface area contributed by atoms with Gasteiger partial charge in [0.25, 0.3) is 0 Å². The molecule has 0 saturated carbocycles. The summed E-state index contributed by atoms with van der Waals surface area (Å²) in [7, 11) is 1.63. The third kappa shape index (κ3) is 5.95. The van der Waals surface area contributed by atoms with Crippen molar-refractivity contribution in [3.8, 4) is 5.75 Å². The Bertz CT molecular complexity index is 684. The van der Waals surface area contributed by atoms with Gasteiger partial charge in [0.05, 0.1) is 7.11 Å². The largest absolute Gasteiger partial charge is 0.497 e. The molecule has 0 atom stereocenters. The molecular formula is C20H24N2O3. The van der Waals surface area contributed by atoms with Crippen molar-refractivity contribution in [2.75, 3.05) is 25.1 Å². The van der Waals surface area contributed by atoms with E-state index in [1.54, 1.807) is 12.0 Å². The number of anilines is 1. The molecule has 25 heavy (non-hydrogen) atoms. The van der Waals surface area contributed by atoms with Crippen molar-refractivity contribution in [2.45, 2.75) is 19.8 Å². The van der Waals surface area contributed by atoms with Gasteiger partial charge in [-0.05, 0) is 36.2 Å². The molecule has 0 radical (unpaired) electrons. The van der Waals surface area contributed by atoms with Crippen LogP contribution in [0.4, 0.5) is 5.69 Å². The zero-order valence-corrected chi connectivity index (χ0v) is 14.7. The number of amides is 2. The fraction of sp³-hybridized carbons (Fsp3) is 0.300. The van der Waals surface area contributed by atoms with E-state index in [9.17, 15) is 9.59 Å². The molecule has 0 aliphatic heterocycles. The van der Waals surface area contributed by atoms with E-state index in [0.717, 1.165) is 23.4 Å². The van der Waals surface area contributed by atoms with Gasteiger partial charge in [0, 0.05) is 32.1 Å². The second kappa shape index (κ2) is 9.47. The number of nitrogens with zero attached hydrogens (tertiary/aromatic N) is 1. The van der Waals surface area contributed by atoms with Crippen LogP contribution >= 0.6 is 0 Å². The Morgan fingerprint density at radius 2 is 1.72 bits per heavy atom. The lowest BCUT2D eigenvalue weighted by molar-refractivity contribution is -0.121. The normalized spacial score (nSPS) is 10.2. The first-order chi connectivity index (χ1) is 12.1. The molecule has 0 aliphatic rings. The third-order valence-electron chi connectivity index (χ3n) is 3.91. The number of rotatable bonds is 8. The van der Waals surface area contributed by atoms with Crippen molar-refractivity contribution < 1.29 is 14.3 Å². The van der Waals surface area contributed by atoms with Crippen LogP contribution in [0, 0.1) is 0 Å². The highest BCUT2D eigenvalue weighted by Crippen LogP contribution is 2.14. The Kier molecular flexibility index (Phi) is 7.01. The average molecular weight is 340 g/mol. The molecule has 1 N–H and O–H groups in total. The fourth-order valence-electron chi connectivity index (χ4n) is 2.52. The predicted molar refractivity (Wildman–Crippen MR) is 98.8 cm³/mol. The van der Waals surface area contributed by atoms with Crippen LogP contribution in [0.15, 0.2) is 54.6 Å². The lowest BCUT2D eigenvalue weighted by Crippen LogP contribution is -2.34. The maximum Gasteiger partial charge on any atom is 0.223 e. The van der Waals surface area contributed by atoms with Gasteiger partial charge in [0.2, 0.25) is 11.8 Å². The molecule has 132 valence electrons. The summed E-state index contributed by atoms with van der Waals surface area (Å²) in [4.78, 5) is 25.4. The number of nitrogens with one attached hydrogen (secondary N) is 1.